The Morgan fingerprint density at radius 3 is 2.92 bits per heavy atom. The Kier molecular flexibility index (Phi) is 2.57. The first-order valence-corrected chi connectivity index (χ1v) is 5.35. The predicted octanol–water partition coefficient (Wildman–Crippen LogP) is 3.39. The normalized spacial score (nSPS) is 23.7. The summed E-state index contributed by atoms with van der Waals surface area (Å²) >= 11 is 5.70. The molecule has 1 aliphatic rings. The molecule has 2 heterocycles. The minimum atomic E-state index is -0.00465. The van der Waals surface area contributed by atoms with Gasteiger partial charge in [-0.1, -0.05) is 15.9 Å². The Hall–Kier alpha value is 0.190. The molecule has 12 heavy (non-hydrogen) atoms. The van der Waals surface area contributed by atoms with Crippen molar-refractivity contribution in [2.45, 2.75) is 6.10 Å². The van der Waals surface area contributed by atoms with Crippen LogP contribution < -0.4 is 0 Å². The quantitative estimate of drug-likeness (QED) is 0.731. The summed E-state index contributed by atoms with van der Waals surface area (Å²) in [5.41, 5.74) is 0. The second-order valence-electron chi connectivity index (χ2n) is 2.46. The van der Waals surface area contributed by atoms with Crippen LogP contribution in [-0.2, 0) is 4.74 Å². The van der Waals surface area contributed by atoms with Gasteiger partial charge in [-0.05, 0) is 34.7 Å². The van der Waals surface area contributed by atoms with E-state index in [1.54, 1.807) is 6.26 Å². The SMILES string of the molecule is BrC1=C(I)C(c2ccco2)OC1. The number of hydrogen-bond donors (Lipinski definition) is 0. The van der Waals surface area contributed by atoms with Crippen LogP contribution >= 0.6 is 38.5 Å². The number of halogens is 2. The molecule has 0 saturated heterocycles. The molecule has 1 aliphatic heterocycles. The maximum Gasteiger partial charge on any atom is 0.147 e. The molecular weight excluding hydrogens is 335 g/mol. The maximum absolute atomic E-state index is 5.50. The zero-order chi connectivity index (χ0) is 8.55. The third-order valence-electron chi connectivity index (χ3n) is 1.67. The highest BCUT2D eigenvalue weighted by atomic mass is 127. The lowest BCUT2D eigenvalue weighted by molar-refractivity contribution is 0.110. The van der Waals surface area contributed by atoms with Crippen LogP contribution in [0.2, 0.25) is 0 Å². The van der Waals surface area contributed by atoms with Crippen molar-refractivity contribution in [2.24, 2.45) is 0 Å². The molecule has 0 radical (unpaired) electrons. The lowest BCUT2D eigenvalue weighted by Gasteiger charge is -2.05. The smallest absolute Gasteiger partial charge is 0.147 e. The fourth-order valence-corrected chi connectivity index (χ4v) is 2.07. The van der Waals surface area contributed by atoms with E-state index in [0.717, 1.165) is 10.2 Å². The van der Waals surface area contributed by atoms with E-state index in [0.29, 0.717) is 6.61 Å². The molecule has 0 bridgehead atoms. The lowest BCUT2D eigenvalue weighted by atomic mass is 10.3. The summed E-state index contributed by atoms with van der Waals surface area (Å²) in [6.45, 7) is 0.642. The van der Waals surface area contributed by atoms with Gasteiger partial charge in [-0.25, -0.2) is 0 Å². The predicted molar refractivity (Wildman–Crippen MR) is 57.4 cm³/mol. The van der Waals surface area contributed by atoms with Gasteiger partial charge in [-0.2, -0.15) is 0 Å². The summed E-state index contributed by atoms with van der Waals surface area (Å²) in [5, 5.41) is 0. The topological polar surface area (TPSA) is 22.4 Å². The van der Waals surface area contributed by atoms with Crippen molar-refractivity contribution in [3.8, 4) is 0 Å². The summed E-state index contributed by atoms with van der Waals surface area (Å²) in [5.74, 6) is 0.869. The zero-order valence-electron chi connectivity index (χ0n) is 6.09. The Bertz CT molecular complexity index is 305. The molecule has 0 N–H and O–H groups in total. The average Bonchev–Trinajstić information content (AvgIpc) is 2.64. The van der Waals surface area contributed by atoms with Gasteiger partial charge >= 0.3 is 0 Å². The number of hydrogen-bond acceptors (Lipinski definition) is 2. The molecule has 0 saturated carbocycles. The average molecular weight is 341 g/mol. The van der Waals surface area contributed by atoms with Crippen molar-refractivity contribution in [2.75, 3.05) is 6.61 Å². The van der Waals surface area contributed by atoms with Gasteiger partial charge < -0.3 is 9.15 Å². The van der Waals surface area contributed by atoms with Gasteiger partial charge in [0.05, 0.1) is 12.9 Å². The van der Waals surface area contributed by atoms with Crippen LogP contribution in [0.25, 0.3) is 0 Å². The van der Waals surface area contributed by atoms with Crippen LogP contribution in [0.1, 0.15) is 11.9 Å². The minimum Gasteiger partial charge on any atom is -0.466 e. The van der Waals surface area contributed by atoms with Crippen LogP contribution in [0.5, 0.6) is 0 Å². The Morgan fingerprint density at radius 1 is 1.58 bits per heavy atom. The molecule has 0 aliphatic carbocycles. The van der Waals surface area contributed by atoms with Gasteiger partial charge in [0, 0.05) is 8.06 Å². The van der Waals surface area contributed by atoms with Gasteiger partial charge in [0.15, 0.2) is 0 Å². The molecule has 0 spiro atoms. The van der Waals surface area contributed by atoms with Crippen molar-refractivity contribution < 1.29 is 9.15 Å². The highest BCUT2D eigenvalue weighted by molar-refractivity contribution is 14.1. The van der Waals surface area contributed by atoms with E-state index >= 15 is 0 Å². The van der Waals surface area contributed by atoms with Crippen LogP contribution in [0, 0.1) is 0 Å². The van der Waals surface area contributed by atoms with E-state index in [-0.39, 0.29) is 6.10 Å². The van der Waals surface area contributed by atoms with E-state index in [1.165, 1.54) is 3.58 Å². The van der Waals surface area contributed by atoms with Crippen molar-refractivity contribution >= 4 is 38.5 Å². The first-order valence-electron chi connectivity index (χ1n) is 3.48. The Morgan fingerprint density at radius 2 is 2.42 bits per heavy atom. The summed E-state index contributed by atoms with van der Waals surface area (Å²) < 4.78 is 13.0. The summed E-state index contributed by atoms with van der Waals surface area (Å²) in [6, 6.07) is 3.80. The maximum atomic E-state index is 5.50. The number of furan rings is 1. The summed E-state index contributed by atoms with van der Waals surface area (Å²) in [7, 11) is 0. The fraction of sp³-hybridized carbons (Fsp3) is 0.250. The van der Waals surface area contributed by atoms with Gasteiger partial charge in [0.1, 0.15) is 11.9 Å². The summed E-state index contributed by atoms with van der Waals surface area (Å²) in [6.07, 6.45) is 1.66. The molecule has 2 rings (SSSR count). The highest BCUT2D eigenvalue weighted by Gasteiger charge is 2.26. The van der Waals surface area contributed by atoms with E-state index in [1.807, 2.05) is 12.1 Å². The van der Waals surface area contributed by atoms with Gasteiger partial charge in [0.2, 0.25) is 0 Å². The molecule has 1 aromatic heterocycles. The molecule has 0 aromatic carbocycles. The van der Waals surface area contributed by atoms with Crippen molar-refractivity contribution in [3.05, 3.63) is 32.2 Å². The van der Waals surface area contributed by atoms with E-state index in [2.05, 4.69) is 38.5 Å². The van der Waals surface area contributed by atoms with Gasteiger partial charge in [-0.3, -0.25) is 0 Å². The Labute approximate surface area is 92.2 Å². The standard InChI is InChI=1S/C8H6BrIO2/c9-5-4-12-8(7(5)10)6-2-1-3-11-6/h1-3,8H,4H2. The fourth-order valence-electron chi connectivity index (χ4n) is 1.09. The van der Waals surface area contributed by atoms with Crippen LogP contribution in [0.3, 0.4) is 0 Å². The Balaban J connectivity index is 2.28. The van der Waals surface area contributed by atoms with Crippen LogP contribution in [0.4, 0.5) is 0 Å². The summed E-state index contributed by atoms with van der Waals surface area (Å²) in [4.78, 5) is 0. The second-order valence-corrected chi connectivity index (χ2v) is 4.58. The van der Waals surface area contributed by atoms with E-state index in [9.17, 15) is 0 Å². The molecule has 2 nitrogen and oxygen atoms in total. The third-order valence-corrected chi connectivity index (χ3v) is 4.28. The molecule has 64 valence electrons. The molecule has 1 unspecified atom stereocenters. The van der Waals surface area contributed by atoms with Crippen LogP contribution in [-0.4, -0.2) is 6.61 Å². The number of rotatable bonds is 1. The zero-order valence-corrected chi connectivity index (χ0v) is 9.83. The van der Waals surface area contributed by atoms with Crippen molar-refractivity contribution in [1.29, 1.82) is 0 Å². The van der Waals surface area contributed by atoms with Gasteiger partial charge in [0.25, 0.3) is 0 Å². The lowest BCUT2D eigenvalue weighted by Crippen LogP contribution is -1.95. The molecule has 0 fully saturated rings. The van der Waals surface area contributed by atoms with Gasteiger partial charge in [-0.15, -0.1) is 0 Å². The van der Waals surface area contributed by atoms with E-state index in [4.69, 9.17) is 9.15 Å². The third kappa shape index (κ3) is 1.47. The highest BCUT2D eigenvalue weighted by Crippen LogP contribution is 2.40. The molecule has 1 aromatic rings. The van der Waals surface area contributed by atoms with Crippen molar-refractivity contribution in [3.63, 3.8) is 0 Å². The van der Waals surface area contributed by atoms with Crippen molar-refractivity contribution in [1.82, 2.24) is 0 Å². The van der Waals surface area contributed by atoms with E-state index < -0.39 is 0 Å². The molecule has 1 atom stereocenters. The largest absolute Gasteiger partial charge is 0.466 e. The molecule has 4 heteroatoms. The molecular formula is C8H6BrIO2. The second kappa shape index (κ2) is 3.51. The first-order chi connectivity index (χ1) is 5.79. The van der Waals surface area contributed by atoms with Crippen LogP contribution in [0.15, 0.2) is 30.9 Å². The molecule has 0 amide bonds. The minimum absolute atomic E-state index is 0.00465. The number of ether oxygens (including phenoxy) is 1. The first kappa shape index (κ1) is 8.77. The monoisotopic (exact) mass is 340 g/mol.